The van der Waals surface area contributed by atoms with E-state index in [0.717, 1.165) is 49.7 Å². The third kappa shape index (κ3) is 2.63. The van der Waals surface area contributed by atoms with Gasteiger partial charge in [-0.15, -0.1) is 0 Å². The molecule has 1 saturated heterocycles. The van der Waals surface area contributed by atoms with Crippen molar-refractivity contribution in [2.45, 2.75) is 12.5 Å². The molecule has 4 rings (SSSR count). The molecule has 0 aliphatic carbocycles. The molecule has 23 heavy (non-hydrogen) atoms. The first-order chi connectivity index (χ1) is 11.4. The van der Waals surface area contributed by atoms with Gasteiger partial charge in [0.25, 0.3) is 0 Å². The molecule has 2 heterocycles. The second kappa shape index (κ2) is 6.13. The minimum absolute atomic E-state index is 0.512. The Balaban J connectivity index is 1.79. The number of fused-ring (bicyclic) bond motifs is 3. The van der Waals surface area contributed by atoms with E-state index in [0.29, 0.717) is 6.04 Å². The van der Waals surface area contributed by atoms with Crippen LogP contribution in [0.2, 0.25) is 0 Å². The average molecular weight is 310 g/mol. The molecule has 0 bridgehead atoms. The van der Waals surface area contributed by atoms with Crippen molar-refractivity contribution in [3.8, 4) is 22.6 Å². The summed E-state index contributed by atoms with van der Waals surface area (Å²) in [4.78, 5) is 2.50. The quantitative estimate of drug-likeness (QED) is 0.925. The van der Waals surface area contributed by atoms with Crippen LogP contribution in [0.15, 0.2) is 42.5 Å². The lowest BCUT2D eigenvalue weighted by atomic mass is 10.0. The van der Waals surface area contributed by atoms with Gasteiger partial charge in [0.1, 0.15) is 11.5 Å². The summed E-state index contributed by atoms with van der Waals surface area (Å²) in [6, 6.07) is 15.1. The summed E-state index contributed by atoms with van der Waals surface area (Å²) in [5, 5.41) is 3.49. The number of hydrogen-bond donors (Lipinski definition) is 1. The monoisotopic (exact) mass is 310 g/mol. The van der Waals surface area contributed by atoms with Gasteiger partial charge in [-0.1, -0.05) is 24.3 Å². The lowest BCUT2D eigenvalue weighted by molar-refractivity contribution is 0.304. The van der Waals surface area contributed by atoms with Crippen LogP contribution in [0.3, 0.4) is 0 Å². The summed E-state index contributed by atoms with van der Waals surface area (Å²) in [6.45, 7) is 3.86. The van der Waals surface area contributed by atoms with E-state index in [4.69, 9.17) is 9.47 Å². The van der Waals surface area contributed by atoms with Gasteiger partial charge in [-0.05, 0) is 23.8 Å². The van der Waals surface area contributed by atoms with E-state index in [9.17, 15) is 0 Å². The van der Waals surface area contributed by atoms with E-state index in [2.05, 4.69) is 34.5 Å². The summed E-state index contributed by atoms with van der Waals surface area (Å²) in [6.07, 6.45) is 1.06. The normalized spacial score (nSPS) is 20.0. The molecule has 2 aliphatic heterocycles. The van der Waals surface area contributed by atoms with Crippen LogP contribution >= 0.6 is 0 Å². The molecule has 2 aromatic rings. The fourth-order valence-corrected chi connectivity index (χ4v) is 3.56. The molecule has 2 aromatic carbocycles. The Morgan fingerprint density at radius 2 is 2.13 bits per heavy atom. The second-order valence-electron chi connectivity index (χ2n) is 6.07. The molecule has 0 aromatic heterocycles. The van der Waals surface area contributed by atoms with E-state index in [1.165, 1.54) is 11.3 Å². The van der Waals surface area contributed by atoms with Crippen molar-refractivity contribution in [1.82, 2.24) is 5.32 Å². The minimum Gasteiger partial charge on any atom is -0.496 e. The molecule has 120 valence electrons. The number of piperazine rings is 1. The van der Waals surface area contributed by atoms with Gasteiger partial charge >= 0.3 is 0 Å². The molecular formula is C19H22N2O2. The van der Waals surface area contributed by atoms with Gasteiger partial charge in [0.05, 0.1) is 19.4 Å². The topological polar surface area (TPSA) is 33.7 Å². The van der Waals surface area contributed by atoms with Crippen LogP contribution in [0.25, 0.3) is 11.1 Å². The molecule has 0 radical (unpaired) electrons. The third-order valence-corrected chi connectivity index (χ3v) is 4.75. The van der Waals surface area contributed by atoms with Gasteiger partial charge in [0.15, 0.2) is 0 Å². The van der Waals surface area contributed by atoms with Crippen LogP contribution in [0, 0.1) is 0 Å². The molecular weight excluding hydrogens is 288 g/mol. The van der Waals surface area contributed by atoms with Gasteiger partial charge in [-0.3, -0.25) is 0 Å². The van der Waals surface area contributed by atoms with Crippen molar-refractivity contribution in [3.63, 3.8) is 0 Å². The van der Waals surface area contributed by atoms with E-state index >= 15 is 0 Å². The van der Waals surface area contributed by atoms with Gasteiger partial charge in [-0.25, -0.2) is 0 Å². The summed E-state index contributed by atoms with van der Waals surface area (Å²) >= 11 is 0. The summed E-state index contributed by atoms with van der Waals surface area (Å²) < 4.78 is 11.5. The number of rotatable bonds is 2. The van der Waals surface area contributed by atoms with Crippen molar-refractivity contribution in [2.75, 3.05) is 38.3 Å². The number of anilines is 1. The predicted octanol–water partition coefficient (Wildman–Crippen LogP) is 2.92. The van der Waals surface area contributed by atoms with Crippen molar-refractivity contribution in [3.05, 3.63) is 42.5 Å². The van der Waals surface area contributed by atoms with Gasteiger partial charge < -0.3 is 19.7 Å². The molecule has 4 nitrogen and oxygen atoms in total. The standard InChI is InChI=1S/C19H22N2O2/c1-22-18-5-3-2-4-16(18)14-6-7-19-17(12-14)21-10-9-20-13-15(21)8-11-23-19/h2-7,12,15,20H,8-11,13H2,1H3/t15-/m0/s1. The Hall–Kier alpha value is -2.20. The Morgan fingerprint density at radius 1 is 1.22 bits per heavy atom. The number of methoxy groups -OCH3 is 1. The van der Waals surface area contributed by atoms with Crippen molar-refractivity contribution in [2.24, 2.45) is 0 Å². The maximum atomic E-state index is 5.99. The highest BCUT2D eigenvalue weighted by Crippen LogP contribution is 2.39. The average Bonchev–Trinajstić information content (AvgIpc) is 2.80. The fourth-order valence-electron chi connectivity index (χ4n) is 3.56. The van der Waals surface area contributed by atoms with Crippen LogP contribution in [0.1, 0.15) is 6.42 Å². The van der Waals surface area contributed by atoms with E-state index in [1.54, 1.807) is 7.11 Å². The lowest BCUT2D eigenvalue weighted by Gasteiger charge is -2.36. The summed E-state index contributed by atoms with van der Waals surface area (Å²) in [5.41, 5.74) is 3.50. The Morgan fingerprint density at radius 3 is 3.04 bits per heavy atom. The number of nitrogens with one attached hydrogen (secondary N) is 1. The first kappa shape index (κ1) is 14.4. The predicted molar refractivity (Wildman–Crippen MR) is 92.5 cm³/mol. The SMILES string of the molecule is COc1ccccc1-c1ccc2c(c1)N1CCNC[C@@H]1CCO2. The Kier molecular flexibility index (Phi) is 3.83. The zero-order chi connectivity index (χ0) is 15.6. The maximum absolute atomic E-state index is 5.99. The Labute approximate surface area is 137 Å². The molecule has 2 aliphatic rings. The van der Waals surface area contributed by atoms with Crippen molar-refractivity contribution < 1.29 is 9.47 Å². The van der Waals surface area contributed by atoms with Crippen molar-refractivity contribution >= 4 is 5.69 Å². The van der Waals surface area contributed by atoms with Gasteiger partial charge in [0.2, 0.25) is 0 Å². The molecule has 0 unspecified atom stereocenters. The van der Waals surface area contributed by atoms with Gasteiger partial charge in [-0.2, -0.15) is 0 Å². The minimum atomic E-state index is 0.512. The summed E-state index contributed by atoms with van der Waals surface area (Å²) in [7, 11) is 1.72. The van der Waals surface area contributed by atoms with E-state index in [-0.39, 0.29) is 0 Å². The number of ether oxygens (including phenoxy) is 2. The van der Waals surface area contributed by atoms with E-state index < -0.39 is 0 Å². The smallest absolute Gasteiger partial charge is 0.142 e. The van der Waals surface area contributed by atoms with Crippen LogP contribution < -0.4 is 19.7 Å². The number of para-hydroxylation sites is 1. The van der Waals surface area contributed by atoms with Crippen LogP contribution in [0.4, 0.5) is 5.69 Å². The largest absolute Gasteiger partial charge is 0.496 e. The molecule has 1 atom stereocenters. The lowest BCUT2D eigenvalue weighted by Crippen LogP contribution is -2.51. The zero-order valence-corrected chi connectivity index (χ0v) is 13.4. The third-order valence-electron chi connectivity index (χ3n) is 4.75. The molecule has 4 heteroatoms. The zero-order valence-electron chi connectivity index (χ0n) is 13.4. The van der Waals surface area contributed by atoms with Crippen LogP contribution in [0.5, 0.6) is 11.5 Å². The molecule has 0 spiro atoms. The van der Waals surface area contributed by atoms with Gasteiger partial charge in [0, 0.05) is 37.7 Å². The van der Waals surface area contributed by atoms with E-state index in [1.807, 2.05) is 18.2 Å². The molecule has 1 N–H and O–H groups in total. The summed E-state index contributed by atoms with van der Waals surface area (Å²) in [5.74, 6) is 1.90. The molecule has 0 saturated carbocycles. The fraction of sp³-hybridized carbons (Fsp3) is 0.368. The number of benzene rings is 2. The van der Waals surface area contributed by atoms with Crippen molar-refractivity contribution in [1.29, 1.82) is 0 Å². The molecule has 1 fully saturated rings. The first-order valence-electron chi connectivity index (χ1n) is 8.24. The number of nitrogens with zero attached hydrogens (tertiary/aromatic N) is 1. The maximum Gasteiger partial charge on any atom is 0.142 e. The first-order valence-corrected chi connectivity index (χ1v) is 8.24. The Bertz CT molecular complexity index is 702. The highest BCUT2D eigenvalue weighted by Gasteiger charge is 2.27. The van der Waals surface area contributed by atoms with Crippen LogP contribution in [-0.4, -0.2) is 39.4 Å². The number of hydrogen-bond acceptors (Lipinski definition) is 4. The highest BCUT2D eigenvalue weighted by molar-refractivity contribution is 5.76. The second-order valence-corrected chi connectivity index (χ2v) is 6.07. The molecule has 0 amide bonds. The van der Waals surface area contributed by atoms with Crippen LogP contribution in [-0.2, 0) is 0 Å². The highest BCUT2D eigenvalue weighted by atomic mass is 16.5.